The predicted molar refractivity (Wildman–Crippen MR) is 150 cm³/mol. The van der Waals surface area contributed by atoms with Gasteiger partial charge in [-0.1, -0.05) is 27.5 Å². The summed E-state index contributed by atoms with van der Waals surface area (Å²) in [5.41, 5.74) is 1.22. The first-order valence-corrected chi connectivity index (χ1v) is 13.3. The summed E-state index contributed by atoms with van der Waals surface area (Å²) >= 11 is 15.5. The van der Waals surface area contributed by atoms with Gasteiger partial charge < -0.3 is 19.9 Å². The maximum Gasteiger partial charge on any atom is 0.256 e. The first kappa shape index (κ1) is 26.8. The molecule has 2 heterocycles. The Morgan fingerprint density at radius 3 is 2.47 bits per heavy atom. The highest BCUT2D eigenvalue weighted by atomic mass is 79.9. The molecule has 2 aliphatic rings. The van der Waals surface area contributed by atoms with E-state index in [1.165, 1.54) is 12.0 Å². The second-order valence-corrected chi connectivity index (χ2v) is 10.6. The Morgan fingerprint density at radius 2 is 1.83 bits per heavy atom. The largest absolute Gasteiger partial charge is 0.495 e. The van der Waals surface area contributed by atoms with Crippen molar-refractivity contribution >= 4 is 68.1 Å². The molecule has 36 heavy (non-hydrogen) atoms. The summed E-state index contributed by atoms with van der Waals surface area (Å²) in [7, 11) is 3.65. The highest BCUT2D eigenvalue weighted by molar-refractivity contribution is 9.10. The van der Waals surface area contributed by atoms with E-state index in [4.69, 9.17) is 28.6 Å². The van der Waals surface area contributed by atoms with Gasteiger partial charge in [-0.15, -0.1) is 0 Å². The number of hydrogen-bond acceptors (Lipinski definition) is 6. The average Bonchev–Trinajstić information content (AvgIpc) is 3.08. The van der Waals surface area contributed by atoms with Gasteiger partial charge in [0, 0.05) is 49.4 Å². The van der Waals surface area contributed by atoms with E-state index in [1.807, 2.05) is 17.0 Å². The molecule has 1 atom stereocenters. The number of carbonyl (C=O) groups excluding carboxylic acids is 2. The fraction of sp³-hybridized carbons (Fsp3) is 0.400. The van der Waals surface area contributed by atoms with Gasteiger partial charge in [-0.25, -0.2) is 0 Å². The number of nitrogens with zero attached hydrogens (tertiary/aromatic N) is 4. The number of benzene rings is 2. The predicted octanol–water partition coefficient (Wildman–Crippen LogP) is 3.69. The summed E-state index contributed by atoms with van der Waals surface area (Å²) in [5.74, 6) is 0.0126. The number of halogens is 2. The first-order valence-electron chi connectivity index (χ1n) is 11.7. The zero-order valence-corrected chi connectivity index (χ0v) is 23.4. The van der Waals surface area contributed by atoms with Gasteiger partial charge in [0.05, 0.1) is 24.2 Å². The minimum absolute atomic E-state index is 0.0157. The third kappa shape index (κ3) is 6.18. The van der Waals surface area contributed by atoms with Gasteiger partial charge in [-0.2, -0.15) is 0 Å². The number of nitrogens with one attached hydrogen (secondary N) is 1. The van der Waals surface area contributed by atoms with Crippen LogP contribution in [0.5, 0.6) is 5.75 Å². The SMILES string of the molecule is COc1ccc(N2C(=O)[C@@H](CC(=O)Nc3ccc(Br)cc3)N(CCN3CCN(C)CC3)C2=S)cc1Cl. The van der Waals surface area contributed by atoms with Gasteiger partial charge >= 0.3 is 0 Å². The zero-order valence-electron chi connectivity index (χ0n) is 20.2. The lowest BCUT2D eigenvalue weighted by atomic mass is 10.1. The Bertz CT molecular complexity index is 1130. The number of piperazine rings is 1. The number of carbonyl (C=O) groups is 2. The van der Waals surface area contributed by atoms with E-state index in [0.29, 0.717) is 33.8 Å². The van der Waals surface area contributed by atoms with Crippen molar-refractivity contribution in [3.63, 3.8) is 0 Å². The van der Waals surface area contributed by atoms with Crippen molar-refractivity contribution in [3.05, 3.63) is 52.0 Å². The summed E-state index contributed by atoms with van der Waals surface area (Å²) in [6.45, 7) is 5.21. The number of ether oxygens (including phenoxy) is 1. The molecule has 0 bridgehead atoms. The van der Waals surface area contributed by atoms with Crippen LogP contribution in [0.15, 0.2) is 46.9 Å². The van der Waals surface area contributed by atoms with Crippen LogP contribution in [-0.4, -0.2) is 91.1 Å². The normalized spacial score (nSPS) is 19.2. The maximum atomic E-state index is 13.6. The average molecular weight is 595 g/mol. The molecular weight excluding hydrogens is 566 g/mol. The molecule has 2 saturated heterocycles. The molecular formula is C25H29BrClN5O3S. The third-order valence-electron chi connectivity index (χ3n) is 6.47. The van der Waals surface area contributed by atoms with Crippen LogP contribution in [0.3, 0.4) is 0 Å². The summed E-state index contributed by atoms with van der Waals surface area (Å²) in [6, 6.07) is 11.7. The molecule has 0 aliphatic carbocycles. The molecule has 2 aromatic carbocycles. The van der Waals surface area contributed by atoms with Gasteiger partial charge in [0.15, 0.2) is 5.11 Å². The summed E-state index contributed by atoms with van der Waals surface area (Å²) < 4.78 is 6.16. The minimum atomic E-state index is -0.707. The van der Waals surface area contributed by atoms with Gasteiger partial charge in [-0.05, 0) is 61.7 Å². The zero-order chi connectivity index (χ0) is 25.8. The van der Waals surface area contributed by atoms with Crippen molar-refractivity contribution in [2.45, 2.75) is 12.5 Å². The van der Waals surface area contributed by atoms with E-state index in [-0.39, 0.29) is 18.2 Å². The molecule has 0 radical (unpaired) electrons. The quantitative estimate of drug-likeness (QED) is 0.468. The van der Waals surface area contributed by atoms with Crippen LogP contribution >= 0.6 is 39.7 Å². The standard InChI is InChI=1S/C25H29BrClN5O3S/c1-29-9-11-30(12-10-29)13-14-31-21(16-23(33)28-18-5-3-17(26)4-6-18)24(34)32(25(31)36)19-7-8-22(35-2)20(27)15-19/h3-8,15,21H,9-14,16H2,1-2H3,(H,28,33)/t21-/m1/s1. The molecule has 0 aromatic heterocycles. The summed E-state index contributed by atoms with van der Waals surface area (Å²) in [4.78, 5) is 34.6. The Kier molecular flexibility index (Phi) is 8.84. The topological polar surface area (TPSA) is 68.4 Å². The van der Waals surface area contributed by atoms with E-state index in [0.717, 1.165) is 37.2 Å². The second-order valence-electron chi connectivity index (χ2n) is 8.89. The molecule has 2 aromatic rings. The van der Waals surface area contributed by atoms with E-state index in [9.17, 15) is 9.59 Å². The monoisotopic (exact) mass is 593 g/mol. The smallest absolute Gasteiger partial charge is 0.256 e. The van der Waals surface area contributed by atoms with Gasteiger partial charge in [0.25, 0.3) is 5.91 Å². The first-order chi connectivity index (χ1) is 17.3. The van der Waals surface area contributed by atoms with Crippen molar-refractivity contribution in [1.82, 2.24) is 14.7 Å². The molecule has 2 fully saturated rings. The van der Waals surface area contributed by atoms with Crippen LogP contribution in [-0.2, 0) is 9.59 Å². The van der Waals surface area contributed by atoms with Crippen molar-refractivity contribution < 1.29 is 14.3 Å². The molecule has 0 spiro atoms. The molecule has 2 amide bonds. The molecule has 2 aliphatic heterocycles. The van der Waals surface area contributed by atoms with E-state index >= 15 is 0 Å². The minimum Gasteiger partial charge on any atom is -0.495 e. The Labute approximate surface area is 230 Å². The van der Waals surface area contributed by atoms with Crippen molar-refractivity contribution in [1.29, 1.82) is 0 Å². The van der Waals surface area contributed by atoms with E-state index < -0.39 is 6.04 Å². The fourth-order valence-electron chi connectivity index (χ4n) is 4.36. The van der Waals surface area contributed by atoms with Crippen LogP contribution in [0.4, 0.5) is 11.4 Å². The Balaban J connectivity index is 1.53. The summed E-state index contributed by atoms with van der Waals surface area (Å²) in [6.07, 6.45) is -0.0157. The van der Waals surface area contributed by atoms with Gasteiger partial charge in [0.1, 0.15) is 11.8 Å². The second kappa shape index (κ2) is 11.9. The molecule has 1 N–H and O–H groups in total. The van der Waals surface area contributed by atoms with Gasteiger partial charge in [-0.3, -0.25) is 19.4 Å². The van der Waals surface area contributed by atoms with Crippen LogP contribution in [0.2, 0.25) is 5.02 Å². The van der Waals surface area contributed by atoms with Crippen LogP contribution in [0.1, 0.15) is 6.42 Å². The number of anilines is 2. The van der Waals surface area contributed by atoms with E-state index in [1.54, 1.807) is 30.3 Å². The number of hydrogen-bond donors (Lipinski definition) is 1. The molecule has 11 heteroatoms. The number of amides is 2. The number of likely N-dealkylation sites (N-methyl/N-ethyl adjacent to an activating group) is 1. The van der Waals surface area contributed by atoms with E-state index in [2.05, 4.69) is 38.1 Å². The molecule has 0 unspecified atom stereocenters. The Hall–Kier alpha value is -2.24. The number of thiocarbonyl (C=S) groups is 1. The van der Waals surface area contributed by atoms with Crippen LogP contribution in [0, 0.1) is 0 Å². The lowest BCUT2D eigenvalue weighted by Crippen LogP contribution is -2.48. The lowest BCUT2D eigenvalue weighted by molar-refractivity contribution is -0.124. The molecule has 8 nitrogen and oxygen atoms in total. The highest BCUT2D eigenvalue weighted by Crippen LogP contribution is 2.33. The fourth-order valence-corrected chi connectivity index (χ4v) is 5.29. The van der Waals surface area contributed by atoms with Crippen LogP contribution in [0.25, 0.3) is 0 Å². The maximum absolute atomic E-state index is 13.6. The van der Waals surface area contributed by atoms with Crippen molar-refractivity contribution in [2.75, 3.05) is 63.6 Å². The van der Waals surface area contributed by atoms with Crippen molar-refractivity contribution in [3.8, 4) is 5.75 Å². The molecule has 0 saturated carbocycles. The molecule has 192 valence electrons. The third-order valence-corrected chi connectivity index (χ3v) is 7.71. The summed E-state index contributed by atoms with van der Waals surface area (Å²) in [5, 5.41) is 3.64. The lowest BCUT2D eigenvalue weighted by Gasteiger charge is -2.34. The highest BCUT2D eigenvalue weighted by Gasteiger charge is 2.44. The number of methoxy groups -OCH3 is 1. The Morgan fingerprint density at radius 1 is 1.14 bits per heavy atom. The van der Waals surface area contributed by atoms with Gasteiger partial charge in [0.2, 0.25) is 5.91 Å². The van der Waals surface area contributed by atoms with Crippen LogP contribution < -0.4 is 15.0 Å². The number of rotatable bonds is 8. The van der Waals surface area contributed by atoms with Crippen molar-refractivity contribution in [2.24, 2.45) is 0 Å². The molecule has 4 rings (SSSR count).